The number of aryl methyl sites for hydroxylation is 1. The third-order valence-electron chi connectivity index (χ3n) is 5.49. The summed E-state index contributed by atoms with van der Waals surface area (Å²) in [7, 11) is 0. The van der Waals surface area contributed by atoms with Gasteiger partial charge < -0.3 is 10.2 Å². The average molecular weight is 403 g/mol. The minimum Gasteiger partial charge on any atom is -0.355 e. The molecule has 4 nitrogen and oxygen atoms in total. The van der Waals surface area contributed by atoms with Crippen molar-refractivity contribution in [3.8, 4) is 0 Å². The van der Waals surface area contributed by atoms with Crippen LogP contribution in [0.15, 0.2) is 72.8 Å². The molecule has 0 saturated carbocycles. The van der Waals surface area contributed by atoms with Gasteiger partial charge in [0.15, 0.2) is 0 Å². The molecule has 0 aliphatic heterocycles. The summed E-state index contributed by atoms with van der Waals surface area (Å²) in [6.45, 7) is 4.78. The second-order valence-corrected chi connectivity index (χ2v) is 7.53. The van der Waals surface area contributed by atoms with Crippen LogP contribution in [0.1, 0.15) is 31.4 Å². The van der Waals surface area contributed by atoms with Crippen molar-refractivity contribution in [1.82, 2.24) is 10.2 Å². The molecule has 0 aromatic heterocycles. The van der Waals surface area contributed by atoms with Crippen molar-refractivity contribution in [3.63, 3.8) is 0 Å². The number of benzene rings is 3. The lowest BCUT2D eigenvalue weighted by Gasteiger charge is -2.29. The molecular weight excluding hydrogens is 372 g/mol. The Labute approximate surface area is 178 Å². The molecule has 0 heterocycles. The first-order valence-corrected chi connectivity index (χ1v) is 10.7. The lowest BCUT2D eigenvalue weighted by Crippen LogP contribution is -2.48. The Morgan fingerprint density at radius 2 is 1.60 bits per heavy atom. The van der Waals surface area contributed by atoms with Crippen molar-refractivity contribution in [2.75, 3.05) is 13.1 Å². The summed E-state index contributed by atoms with van der Waals surface area (Å²) < 4.78 is 0. The molecule has 3 aromatic carbocycles. The van der Waals surface area contributed by atoms with E-state index in [4.69, 9.17) is 0 Å². The zero-order valence-corrected chi connectivity index (χ0v) is 17.8. The highest BCUT2D eigenvalue weighted by molar-refractivity contribution is 5.88. The standard InChI is InChI=1S/C26H30N2O2/c1-3-27-26(30)20(2)28(19-18-21-10-5-4-6-11-21)25(29)17-16-23-14-9-13-22-12-7-8-15-24(22)23/h4-15,20H,3,16-19H2,1-2H3,(H,27,30). The van der Waals surface area contributed by atoms with Gasteiger partial charge in [0.05, 0.1) is 0 Å². The van der Waals surface area contributed by atoms with Crippen molar-refractivity contribution < 1.29 is 9.59 Å². The van der Waals surface area contributed by atoms with Crippen LogP contribution >= 0.6 is 0 Å². The van der Waals surface area contributed by atoms with Crippen LogP contribution in [0.4, 0.5) is 0 Å². The minimum atomic E-state index is -0.492. The van der Waals surface area contributed by atoms with Gasteiger partial charge in [-0.3, -0.25) is 9.59 Å². The summed E-state index contributed by atoms with van der Waals surface area (Å²) in [5.41, 5.74) is 2.32. The molecule has 30 heavy (non-hydrogen) atoms. The van der Waals surface area contributed by atoms with Crippen LogP contribution < -0.4 is 5.32 Å². The summed E-state index contributed by atoms with van der Waals surface area (Å²) in [6, 6.07) is 24.0. The zero-order chi connectivity index (χ0) is 21.3. The normalized spacial score (nSPS) is 11.8. The molecule has 2 amide bonds. The topological polar surface area (TPSA) is 49.4 Å². The van der Waals surface area contributed by atoms with Gasteiger partial charge in [0.25, 0.3) is 0 Å². The Morgan fingerprint density at radius 3 is 2.37 bits per heavy atom. The highest BCUT2D eigenvalue weighted by atomic mass is 16.2. The number of nitrogens with one attached hydrogen (secondary N) is 1. The van der Waals surface area contributed by atoms with E-state index in [0.29, 0.717) is 25.9 Å². The number of rotatable bonds is 9. The second kappa shape index (κ2) is 10.6. The molecule has 4 heteroatoms. The van der Waals surface area contributed by atoms with Crippen molar-refractivity contribution in [3.05, 3.63) is 83.9 Å². The molecular formula is C26H30N2O2. The van der Waals surface area contributed by atoms with Gasteiger partial charge in [-0.2, -0.15) is 0 Å². The average Bonchev–Trinajstić information content (AvgIpc) is 2.78. The molecule has 0 spiro atoms. The highest BCUT2D eigenvalue weighted by Crippen LogP contribution is 2.20. The Bertz CT molecular complexity index is 979. The summed E-state index contributed by atoms with van der Waals surface area (Å²) in [5.74, 6) is -0.0957. The third-order valence-corrected chi connectivity index (χ3v) is 5.49. The van der Waals surface area contributed by atoms with E-state index in [-0.39, 0.29) is 11.8 Å². The minimum absolute atomic E-state index is 0.0117. The van der Waals surface area contributed by atoms with Crippen molar-refractivity contribution in [2.45, 2.75) is 39.2 Å². The molecule has 3 aromatic rings. The molecule has 3 rings (SSSR count). The first kappa shape index (κ1) is 21.6. The molecule has 0 aliphatic rings. The van der Waals surface area contributed by atoms with Crippen LogP contribution in [0, 0.1) is 0 Å². The molecule has 0 aliphatic carbocycles. The number of hydrogen-bond donors (Lipinski definition) is 1. The molecule has 0 fully saturated rings. The van der Waals surface area contributed by atoms with Gasteiger partial charge in [0.2, 0.25) is 11.8 Å². The molecule has 0 bridgehead atoms. The molecule has 156 valence electrons. The van der Waals surface area contributed by atoms with Crippen LogP contribution in [0.5, 0.6) is 0 Å². The highest BCUT2D eigenvalue weighted by Gasteiger charge is 2.25. The van der Waals surface area contributed by atoms with Crippen LogP contribution in [0.3, 0.4) is 0 Å². The van der Waals surface area contributed by atoms with E-state index in [9.17, 15) is 9.59 Å². The maximum Gasteiger partial charge on any atom is 0.242 e. The number of fused-ring (bicyclic) bond motifs is 1. The molecule has 1 atom stereocenters. The Morgan fingerprint density at radius 1 is 0.900 bits per heavy atom. The lowest BCUT2D eigenvalue weighted by atomic mass is 10.0. The molecule has 1 unspecified atom stereocenters. The van der Waals surface area contributed by atoms with Gasteiger partial charge in [-0.1, -0.05) is 72.8 Å². The van der Waals surface area contributed by atoms with Gasteiger partial charge in [-0.25, -0.2) is 0 Å². The molecule has 1 N–H and O–H groups in total. The van der Waals surface area contributed by atoms with Crippen molar-refractivity contribution >= 4 is 22.6 Å². The smallest absolute Gasteiger partial charge is 0.242 e. The fraction of sp³-hybridized carbons (Fsp3) is 0.308. The summed E-state index contributed by atoms with van der Waals surface area (Å²) in [4.78, 5) is 27.3. The summed E-state index contributed by atoms with van der Waals surface area (Å²) in [6.07, 6.45) is 1.77. The van der Waals surface area contributed by atoms with Crippen LogP contribution in [-0.2, 0) is 22.4 Å². The van der Waals surface area contributed by atoms with E-state index in [1.165, 1.54) is 10.8 Å². The van der Waals surface area contributed by atoms with Gasteiger partial charge in [0, 0.05) is 19.5 Å². The number of carbonyl (C=O) groups is 2. The van der Waals surface area contributed by atoms with E-state index in [1.807, 2.05) is 50.2 Å². The van der Waals surface area contributed by atoms with Crippen LogP contribution in [0.25, 0.3) is 10.8 Å². The SMILES string of the molecule is CCNC(=O)C(C)N(CCc1ccccc1)C(=O)CCc1cccc2ccccc12. The van der Waals surface area contributed by atoms with Crippen molar-refractivity contribution in [2.24, 2.45) is 0 Å². The monoisotopic (exact) mass is 402 g/mol. The predicted octanol–water partition coefficient (Wildman–Crippen LogP) is 4.37. The number of carbonyl (C=O) groups excluding carboxylic acids is 2. The zero-order valence-electron chi connectivity index (χ0n) is 17.8. The number of likely N-dealkylation sites (N-methyl/N-ethyl adjacent to an activating group) is 1. The van der Waals surface area contributed by atoms with E-state index >= 15 is 0 Å². The number of amides is 2. The largest absolute Gasteiger partial charge is 0.355 e. The van der Waals surface area contributed by atoms with Gasteiger partial charge in [-0.15, -0.1) is 0 Å². The Balaban J connectivity index is 1.72. The van der Waals surface area contributed by atoms with E-state index in [1.54, 1.807) is 4.90 Å². The predicted molar refractivity (Wildman–Crippen MR) is 122 cm³/mol. The van der Waals surface area contributed by atoms with Gasteiger partial charge >= 0.3 is 0 Å². The first-order chi connectivity index (χ1) is 14.6. The van der Waals surface area contributed by atoms with Gasteiger partial charge in [-0.05, 0) is 48.6 Å². The second-order valence-electron chi connectivity index (χ2n) is 7.53. The fourth-order valence-corrected chi connectivity index (χ4v) is 3.79. The summed E-state index contributed by atoms with van der Waals surface area (Å²) in [5, 5.41) is 5.20. The van der Waals surface area contributed by atoms with Crippen LogP contribution in [0.2, 0.25) is 0 Å². The Hall–Kier alpha value is -3.14. The molecule has 0 radical (unpaired) electrons. The van der Waals surface area contributed by atoms with E-state index < -0.39 is 6.04 Å². The lowest BCUT2D eigenvalue weighted by molar-refractivity contribution is -0.139. The fourth-order valence-electron chi connectivity index (χ4n) is 3.79. The maximum atomic E-state index is 13.2. The summed E-state index contributed by atoms with van der Waals surface area (Å²) >= 11 is 0. The van der Waals surface area contributed by atoms with Crippen LogP contribution in [-0.4, -0.2) is 35.8 Å². The first-order valence-electron chi connectivity index (χ1n) is 10.7. The number of hydrogen-bond acceptors (Lipinski definition) is 2. The third kappa shape index (κ3) is 5.47. The quantitative estimate of drug-likeness (QED) is 0.578. The van der Waals surface area contributed by atoms with Gasteiger partial charge in [0.1, 0.15) is 6.04 Å². The van der Waals surface area contributed by atoms with Crippen molar-refractivity contribution in [1.29, 1.82) is 0 Å². The van der Waals surface area contributed by atoms with E-state index in [0.717, 1.165) is 17.5 Å². The van der Waals surface area contributed by atoms with E-state index in [2.05, 4.69) is 41.7 Å². The Kier molecular flexibility index (Phi) is 7.61. The molecule has 0 saturated heterocycles. The maximum absolute atomic E-state index is 13.2. The number of nitrogens with zero attached hydrogens (tertiary/aromatic N) is 1.